The lowest BCUT2D eigenvalue weighted by atomic mass is 10.1. The number of ether oxygens (including phenoxy) is 1. The minimum absolute atomic E-state index is 0.0889. The Balaban J connectivity index is 2.87. The summed E-state index contributed by atoms with van der Waals surface area (Å²) < 4.78 is 6.46. The number of aromatic carboxylic acids is 1. The van der Waals surface area contributed by atoms with Crippen molar-refractivity contribution >= 4 is 16.9 Å². The number of rotatable bonds is 4. The number of carboxylic acids is 1. The number of hydrogen-bond donors (Lipinski definition) is 2. The Morgan fingerprint density at radius 3 is 2.68 bits per heavy atom. The molecule has 2 N–H and O–H groups in total. The first-order valence-electron chi connectivity index (χ1n) is 5.64. The van der Waals surface area contributed by atoms with Gasteiger partial charge in [-0.2, -0.15) is 0 Å². The maximum atomic E-state index is 11.9. The summed E-state index contributed by atoms with van der Waals surface area (Å²) in [4.78, 5) is 23.1. The van der Waals surface area contributed by atoms with Crippen molar-refractivity contribution < 1.29 is 19.7 Å². The van der Waals surface area contributed by atoms with Gasteiger partial charge in [-0.15, -0.1) is 0 Å². The van der Waals surface area contributed by atoms with Gasteiger partial charge >= 0.3 is 5.97 Å². The number of hydrogen-bond acceptors (Lipinski definition) is 4. The summed E-state index contributed by atoms with van der Waals surface area (Å²) in [5, 5.41) is 18.6. The zero-order valence-electron chi connectivity index (χ0n) is 10.3. The first-order valence-corrected chi connectivity index (χ1v) is 5.64. The van der Waals surface area contributed by atoms with Crippen LogP contribution in [0.2, 0.25) is 0 Å². The molecule has 0 saturated heterocycles. The molecule has 0 spiro atoms. The Labute approximate surface area is 108 Å². The van der Waals surface area contributed by atoms with Crippen molar-refractivity contribution in [1.82, 2.24) is 4.57 Å². The molecular weight excluding hydrogens is 250 g/mol. The Kier molecular flexibility index (Phi) is 3.52. The third kappa shape index (κ3) is 2.30. The molecular formula is C13H13NO5. The van der Waals surface area contributed by atoms with Gasteiger partial charge in [0.1, 0.15) is 11.4 Å². The van der Waals surface area contributed by atoms with Crippen LogP contribution in [0.15, 0.2) is 29.1 Å². The van der Waals surface area contributed by atoms with Crippen LogP contribution in [0, 0.1) is 0 Å². The van der Waals surface area contributed by atoms with E-state index < -0.39 is 5.97 Å². The molecule has 1 heterocycles. The molecule has 2 aromatic rings. The molecule has 0 aliphatic carbocycles. The number of fused-ring (bicyclic) bond motifs is 1. The van der Waals surface area contributed by atoms with Gasteiger partial charge in [-0.05, 0) is 12.1 Å². The topological polar surface area (TPSA) is 88.8 Å². The number of nitrogens with zero attached hydrogens (tertiary/aromatic N) is 1. The number of methoxy groups -OCH3 is 1. The minimum Gasteiger partial charge on any atom is -0.497 e. The molecule has 1 aromatic carbocycles. The van der Waals surface area contributed by atoms with E-state index in [1.54, 1.807) is 18.2 Å². The van der Waals surface area contributed by atoms with E-state index in [1.165, 1.54) is 11.7 Å². The highest BCUT2D eigenvalue weighted by molar-refractivity contribution is 5.91. The summed E-state index contributed by atoms with van der Waals surface area (Å²) in [5.41, 5.74) is -0.0951. The van der Waals surface area contributed by atoms with Crippen molar-refractivity contribution in [2.24, 2.45) is 0 Å². The average molecular weight is 263 g/mol. The van der Waals surface area contributed by atoms with Gasteiger partial charge in [-0.1, -0.05) is 0 Å². The van der Waals surface area contributed by atoms with Gasteiger partial charge in [0.15, 0.2) is 5.43 Å². The summed E-state index contributed by atoms with van der Waals surface area (Å²) in [7, 11) is 1.48. The van der Waals surface area contributed by atoms with E-state index >= 15 is 0 Å². The molecule has 100 valence electrons. The van der Waals surface area contributed by atoms with Crippen molar-refractivity contribution in [1.29, 1.82) is 0 Å². The van der Waals surface area contributed by atoms with Crippen molar-refractivity contribution in [3.63, 3.8) is 0 Å². The number of aliphatic hydroxyl groups excluding tert-OH is 1. The lowest BCUT2D eigenvalue weighted by molar-refractivity contribution is 0.0683. The summed E-state index contributed by atoms with van der Waals surface area (Å²) in [6, 6.07) is 5.86. The molecule has 0 unspecified atom stereocenters. The second kappa shape index (κ2) is 5.11. The molecule has 0 amide bonds. The summed E-state index contributed by atoms with van der Waals surface area (Å²) in [6.07, 6.45) is 0. The van der Waals surface area contributed by atoms with Gasteiger partial charge in [0.25, 0.3) is 0 Å². The summed E-state index contributed by atoms with van der Waals surface area (Å²) >= 11 is 0. The van der Waals surface area contributed by atoms with Crippen LogP contribution in [0.4, 0.5) is 0 Å². The molecule has 6 heteroatoms. The fourth-order valence-corrected chi connectivity index (χ4v) is 2.00. The predicted octanol–water partition coefficient (Wildman–Crippen LogP) is 0.701. The SMILES string of the molecule is COc1ccc2c(=O)cc(C(=O)O)n(CCO)c2c1. The third-order valence-corrected chi connectivity index (χ3v) is 2.86. The molecule has 0 aliphatic rings. The maximum absolute atomic E-state index is 11.9. The third-order valence-electron chi connectivity index (χ3n) is 2.86. The van der Waals surface area contributed by atoms with Crippen molar-refractivity contribution in [2.45, 2.75) is 6.54 Å². The molecule has 19 heavy (non-hydrogen) atoms. The lowest BCUT2D eigenvalue weighted by Crippen LogP contribution is -2.19. The highest BCUT2D eigenvalue weighted by Crippen LogP contribution is 2.20. The van der Waals surface area contributed by atoms with Gasteiger partial charge in [0, 0.05) is 24.1 Å². The number of aromatic nitrogens is 1. The maximum Gasteiger partial charge on any atom is 0.352 e. The van der Waals surface area contributed by atoms with E-state index in [0.29, 0.717) is 16.7 Å². The Hall–Kier alpha value is -2.34. The second-order valence-corrected chi connectivity index (χ2v) is 3.96. The zero-order valence-corrected chi connectivity index (χ0v) is 10.3. The van der Waals surface area contributed by atoms with E-state index in [9.17, 15) is 9.59 Å². The Bertz CT molecular complexity index is 689. The number of carbonyl (C=O) groups is 1. The highest BCUT2D eigenvalue weighted by atomic mass is 16.5. The minimum atomic E-state index is -1.21. The van der Waals surface area contributed by atoms with E-state index in [-0.39, 0.29) is 24.3 Å². The predicted molar refractivity (Wildman–Crippen MR) is 68.8 cm³/mol. The molecule has 0 fully saturated rings. The van der Waals surface area contributed by atoms with E-state index in [2.05, 4.69) is 0 Å². The lowest BCUT2D eigenvalue weighted by Gasteiger charge is -2.14. The monoisotopic (exact) mass is 263 g/mol. The molecule has 0 radical (unpaired) electrons. The number of benzene rings is 1. The van der Waals surface area contributed by atoms with Gasteiger partial charge in [0.05, 0.1) is 19.2 Å². The molecule has 0 aliphatic heterocycles. The van der Waals surface area contributed by atoms with Crippen LogP contribution in [-0.2, 0) is 6.54 Å². The fourth-order valence-electron chi connectivity index (χ4n) is 2.00. The number of aliphatic hydroxyl groups is 1. The van der Waals surface area contributed by atoms with Crippen LogP contribution in [-0.4, -0.2) is 34.5 Å². The van der Waals surface area contributed by atoms with Crippen LogP contribution in [0.1, 0.15) is 10.5 Å². The van der Waals surface area contributed by atoms with Crippen LogP contribution in [0.25, 0.3) is 10.9 Å². The van der Waals surface area contributed by atoms with Crippen LogP contribution in [0.5, 0.6) is 5.75 Å². The van der Waals surface area contributed by atoms with Crippen molar-refractivity contribution in [3.8, 4) is 5.75 Å². The zero-order chi connectivity index (χ0) is 14.0. The van der Waals surface area contributed by atoms with Gasteiger partial charge in [-0.3, -0.25) is 4.79 Å². The van der Waals surface area contributed by atoms with E-state index in [4.69, 9.17) is 14.9 Å². The van der Waals surface area contributed by atoms with Crippen molar-refractivity contribution in [2.75, 3.05) is 13.7 Å². The number of carboxylic acid groups (broad SMARTS) is 1. The van der Waals surface area contributed by atoms with Gasteiger partial charge < -0.3 is 19.5 Å². The second-order valence-electron chi connectivity index (χ2n) is 3.96. The fraction of sp³-hybridized carbons (Fsp3) is 0.231. The first kappa shape index (κ1) is 13.1. The smallest absolute Gasteiger partial charge is 0.352 e. The standard InChI is InChI=1S/C13H13NO5/c1-19-8-2-3-9-10(6-8)14(4-5-15)11(13(17)18)7-12(9)16/h2-3,6-7,15H,4-5H2,1H3,(H,17,18). The number of pyridine rings is 1. The first-order chi connectivity index (χ1) is 9.08. The average Bonchev–Trinajstić information content (AvgIpc) is 2.41. The normalized spacial score (nSPS) is 10.6. The Morgan fingerprint density at radius 2 is 2.11 bits per heavy atom. The summed E-state index contributed by atoms with van der Waals surface area (Å²) in [6.45, 7) is -0.138. The molecule has 6 nitrogen and oxygen atoms in total. The van der Waals surface area contributed by atoms with Crippen LogP contribution >= 0.6 is 0 Å². The van der Waals surface area contributed by atoms with E-state index in [0.717, 1.165) is 6.07 Å². The van der Waals surface area contributed by atoms with Gasteiger partial charge in [-0.25, -0.2) is 4.79 Å². The van der Waals surface area contributed by atoms with E-state index in [1.807, 2.05) is 0 Å². The molecule has 0 saturated carbocycles. The summed E-state index contributed by atoms with van der Waals surface area (Å²) in [5.74, 6) is -0.698. The molecule has 0 atom stereocenters. The van der Waals surface area contributed by atoms with Crippen LogP contribution < -0.4 is 10.2 Å². The molecule has 1 aromatic heterocycles. The molecule has 2 rings (SSSR count). The Morgan fingerprint density at radius 1 is 1.37 bits per heavy atom. The molecule has 0 bridgehead atoms. The quantitative estimate of drug-likeness (QED) is 0.847. The van der Waals surface area contributed by atoms with Crippen molar-refractivity contribution in [3.05, 3.63) is 40.2 Å². The highest BCUT2D eigenvalue weighted by Gasteiger charge is 2.14. The largest absolute Gasteiger partial charge is 0.497 e. The van der Waals surface area contributed by atoms with Gasteiger partial charge in [0.2, 0.25) is 0 Å². The van der Waals surface area contributed by atoms with Crippen LogP contribution in [0.3, 0.4) is 0 Å².